The summed E-state index contributed by atoms with van der Waals surface area (Å²) in [4.78, 5) is 0.106. The SMILES string of the molecule is Cc1cc(S(=O)(=O)N(C)Cc2ccccc2)ccc1F. The minimum absolute atomic E-state index is 0.106. The second kappa shape index (κ2) is 5.73. The van der Waals surface area contributed by atoms with Crippen LogP contribution in [0.25, 0.3) is 0 Å². The van der Waals surface area contributed by atoms with Gasteiger partial charge in [0.1, 0.15) is 5.82 Å². The molecule has 106 valence electrons. The molecule has 0 aromatic heterocycles. The molecule has 0 aliphatic heterocycles. The number of hydrogen-bond donors (Lipinski definition) is 0. The number of halogens is 1. The van der Waals surface area contributed by atoms with Gasteiger partial charge in [0.25, 0.3) is 0 Å². The van der Waals surface area contributed by atoms with Crippen LogP contribution >= 0.6 is 0 Å². The van der Waals surface area contributed by atoms with Gasteiger partial charge in [0.2, 0.25) is 10.0 Å². The first-order chi connectivity index (χ1) is 9.41. The highest BCUT2D eigenvalue weighted by atomic mass is 32.2. The first-order valence-electron chi connectivity index (χ1n) is 6.17. The Morgan fingerprint density at radius 3 is 2.35 bits per heavy atom. The molecule has 20 heavy (non-hydrogen) atoms. The van der Waals surface area contributed by atoms with E-state index in [2.05, 4.69) is 0 Å². The monoisotopic (exact) mass is 293 g/mol. The minimum atomic E-state index is -3.61. The van der Waals surface area contributed by atoms with Crippen LogP contribution < -0.4 is 0 Å². The molecule has 2 aromatic carbocycles. The Bertz CT molecular complexity index is 699. The van der Waals surface area contributed by atoms with E-state index in [0.29, 0.717) is 5.56 Å². The second-order valence-electron chi connectivity index (χ2n) is 4.66. The Balaban J connectivity index is 2.27. The Morgan fingerprint density at radius 1 is 1.10 bits per heavy atom. The Labute approximate surface area is 118 Å². The third kappa shape index (κ3) is 3.05. The van der Waals surface area contributed by atoms with Crippen LogP contribution in [0.5, 0.6) is 0 Å². The van der Waals surface area contributed by atoms with Crippen molar-refractivity contribution in [3.05, 3.63) is 65.5 Å². The molecule has 2 aromatic rings. The van der Waals surface area contributed by atoms with Gasteiger partial charge in [-0.2, -0.15) is 4.31 Å². The maximum Gasteiger partial charge on any atom is 0.243 e. The molecule has 0 saturated carbocycles. The fourth-order valence-electron chi connectivity index (χ4n) is 1.88. The van der Waals surface area contributed by atoms with E-state index in [1.54, 1.807) is 6.92 Å². The first-order valence-corrected chi connectivity index (χ1v) is 7.61. The molecular weight excluding hydrogens is 277 g/mol. The zero-order chi connectivity index (χ0) is 14.8. The lowest BCUT2D eigenvalue weighted by atomic mass is 10.2. The number of nitrogens with zero attached hydrogens (tertiary/aromatic N) is 1. The van der Waals surface area contributed by atoms with Crippen LogP contribution in [-0.2, 0) is 16.6 Å². The summed E-state index contributed by atoms with van der Waals surface area (Å²) in [6, 6.07) is 13.1. The molecule has 0 radical (unpaired) electrons. The van der Waals surface area contributed by atoms with E-state index in [4.69, 9.17) is 0 Å². The highest BCUT2D eigenvalue weighted by molar-refractivity contribution is 7.89. The van der Waals surface area contributed by atoms with Gasteiger partial charge in [-0.1, -0.05) is 30.3 Å². The van der Waals surface area contributed by atoms with Gasteiger partial charge in [0, 0.05) is 13.6 Å². The molecule has 0 fully saturated rings. The van der Waals surface area contributed by atoms with Crippen LogP contribution in [-0.4, -0.2) is 19.8 Å². The topological polar surface area (TPSA) is 37.4 Å². The van der Waals surface area contributed by atoms with Crippen molar-refractivity contribution in [1.82, 2.24) is 4.31 Å². The van der Waals surface area contributed by atoms with Crippen molar-refractivity contribution in [2.75, 3.05) is 7.05 Å². The summed E-state index contributed by atoms with van der Waals surface area (Å²) in [5, 5.41) is 0. The van der Waals surface area contributed by atoms with Crippen LogP contribution in [0.1, 0.15) is 11.1 Å². The molecule has 5 heteroatoms. The number of sulfonamides is 1. The zero-order valence-electron chi connectivity index (χ0n) is 11.4. The molecule has 0 amide bonds. The van der Waals surface area contributed by atoms with Gasteiger partial charge in [-0.05, 0) is 36.2 Å². The van der Waals surface area contributed by atoms with Gasteiger partial charge in [-0.15, -0.1) is 0 Å². The average Bonchev–Trinajstić information content (AvgIpc) is 2.42. The van der Waals surface area contributed by atoms with Crippen LogP contribution in [0.4, 0.5) is 4.39 Å². The Kier molecular flexibility index (Phi) is 4.20. The number of benzene rings is 2. The highest BCUT2D eigenvalue weighted by Gasteiger charge is 2.21. The lowest BCUT2D eigenvalue weighted by Gasteiger charge is -2.17. The summed E-state index contributed by atoms with van der Waals surface area (Å²) in [5.41, 5.74) is 1.22. The smallest absolute Gasteiger partial charge is 0.207 e. The summed E-state index contributed by atoms with van der Waals surface area (Å²) >= 11 is 0. The van der Waals surface area contributed by atoms with Gasteiger partial charge < -0.3 is 0 Å². The number of hydrogen-bond acceptors (Lipinski definition) is 2. The van der Waals surface area contributed by atoms with Crippen LogP contribution in [0, 0.1) is 12.7 Å². The van der Waals surface area contributed by atoms with E-state index < -0.39 is 15.8 Å². The van der Waals surface area contributed by atoms with E-state index in [1.807, 2.05) is 30.3 Å². The fourth-order valence-corrected chi connectivity index (χ4v) is 3.13. The summed E-state index contributed by atoms with van der Waals surface area (Å²) < 4.78 is 39.3. The number of rotatable bonds is 4. The average molecular weight is 293 g/mol. The molecule has 0 aliphatic carbocycles. The molecule has 0 bridgehead atoms. The highest BCUT2D eigenvalue weighted by Crippen LogP contribution is 2.19. The molecule has 0 aliphatic rings. The van der Waals surface area contributed by atoms with Gasteiger partial charge >= 0.3 is 0 Å². The molecule has 0 saturated heterocycles. The predicted molar refractivity (Wildman–Crippen MR) is 76.2 cm³/mol. The van der Waals surface area contributed by atoms with Crippen molar-refractivity contribution >= 4 is 10.0 Å². The van der Waals surface area contributed by atoms with Crippen molar-refractivity contribution in [3.8, 4) is 0 Å². The van der Waals surface area contributed by atoms with Crippen molar-refractivity contribution < 1.29 is 12.8 Å². The molecule has 0 spiro atoms. The third-order valence-electron chi connectivity index (χ3n) is 3.09. The van der Waals surface area contributed by atoms with Crippen molar-refractivity contribution in [1.29, 1.82) is 0 Å². The second-order valence-corrected chi connectivity index (χ2v) is 6.70. The normalized spacial score (nSPS) is 11.8. The summed E-state index contributed by atoms with van der Waals surface area (Å²) in [6.07, 6.45) is 0. The fraction of sp³-hybridized carbons (Fsp3) is 0.200. The maximum atomic E-state index is 13.2. The quantitative estimate of drug-likeness (QED) is 0.869. The van der Waals surface area contributed by atoms with Gasteiger partial charge in [0.15, 0.2) is 0 Å². The standard InChI is InChI=1S/C15H16FNO2S/c1-12-10-14(8-9-15(12)16)20(18,19)17(2)11-13-6-4-3-5-7-13/h3-10H,11H2,1-2H3. The van der Waals surface area contributed by atoms with Crippen molar-refractivity contribution in [2.24, 2.45) is 0 Å². The van der Waals surface area contributed by atoms with E-state index >= 15 is 0 Å². The summed E-state index contributed by atoms with van der Waals surface area (Å²) in [7, 11) is -2.09. The lowest BCUT2D eigenvalue weighted by molar-refractivity contribution is 0.466. The molecule has 0 atom stereocenters. The predicted octanol–water partition coefficient (Wildman–Crippen LogP) is 2.95. The van der Waals surface area contributed by atoms with Crippen molar-refractivity contribution in [3.63, 3.8) is 0 Å². The first kappa shape index (κ1) is 14.7. The molecule has 3 nitrogen and oxygen atoms in total. The zero-order valence-corrected chi connectivity index (χ0v) is 12.2. The van der Waals surface area contributed by atoms with Crippen LogP contribution in [0.2, 0.25) is 0 Å². The minimum Gasteiger partial charge on any atom is -0.207 e. The Morgan fingerprint density at radius 2 is 1.75 bits per heavy atom. The molecule has 2 rings (SSSR count). The van der Waals surface area contributed by atoms with Gasteiger partial charge in [0.05, 0.1) is 4.90 Å². The summed E-state index contributed by atoms with van der Waals surface area (Å²) in [6.45, 7) is 1.82. The molecule has 0 N–H and O–H groups in total. The van der Waals surface area contributed by atoms with Crippen LogP contribution in [0.15, 0.2) is 53.4 Å². The van der Waals surface area contributed by atoms with Gasteiger partial charge in [-0.25, -0.2) is 12.8 Å². The molecular formula is C15H16FNO2S. The van der Waals surface area contributed by atoms with Crippen molar-refractivity contribution in [2.45, 2.75) is 18.4 Å². The van der Waals surface area contributed by atoms with E-state index in [-0.39, 0.29) is 11.4 Å². The Hall–Kier alpha value is -1.72. The van der Waals surface area contributed by atoms with Gasteiger partial charge in [-0.3, -0.25) is 0 Å². The maximum absolute atomic E-state index is 13.2. The van der Waals surface area contributed by atoms with E-state index in [0.717, 1.165) is 5.56 Å². The van der Waals surface area contributed by atoms with E-state index in [1.165, 1.54) is 29.6 Å². The van der Waals surface area contributed by atoms with E-state index in [9.17, 15) is 12.8 Å². The summed E-state index contributed by atoms with van der Waals surface area (Å²) in [5.74, 6) is -0.408. The molecule has 0 heterocycles. The van der Waals surface area contributed by atoms with Crippen LogP contribution in [0.3, 0.4) is 0 Å². The number of aryl methyl sites for hydroxylation is 1. The largest absolute Gasteiger partial charge is 0.243 e. The lowest BCUT2D eigenvalue weighted by Crippen LogP contribution is -2.26. The third-order valence-corrected chi connectivity index (χ3v) is 4.89. The molecule has 0 unspecified atom stereocenters.